The van der Waals surface area contributed by atoms with Crippen LogP contribution < -0.4 is 14.8 Å². The fraction of sp³-hybridized carbons (Fsp3) is 0.290. The molecule has 3 aromatic carbocycles. The van der Waals surface area contributed by atoms with Gasteiger partial charge in [-0.3, -0.25) is 9.69 Å². The van der Waals surface area contributed by atoms with Crippen LogP contribution in [0.4, 0.5) is 5.69 Å². The maximum Gasteiger partial charge on any atom is 0.347 e. The number of carboxylic acid groups (broad SMARTS) is 1. The minimum atomic E-state index is -1.34. The standard InChI is InChI=1S/C31H34N2O6/c1-5-37-27-17-13-23-8-6-7-9-26(23)29(27)32-28(34)20-33(19-25-14-10-21(2)38-25)18-22-11-15-24(16-12-22)39-31(3,4)30(35)36/h6-17H,5,18-20H2,1-4H3,(H,32,34)(H,35,36). The molecule has 0 atom stereocenters. The molecular formula is C31H34N2O6. The van der Waals surface area contributed by atoms with E-state index in [2.05, 4.69) is 5.32 Å². The summed E-state index contributed by atoms with van der Waals surface area (Å²) in [4.78, 5) is 26.7. The summed E-state index contributed by atoms with van der Waals surface area (Å²) in [7, 11) is 0. The highest BCUT2D eigenvalue weighted by Gasteiger charge is 2.29. The van der Waals surface area contributed by atoms with Gasteiger partial charge in [0.25, 0.3) is 0 Å². The minimum Gasteiger partial charge on any atom is -0.492 e. The van der Waals surface area contributed by atoms with E-state index in [0.717, 1.165) is 27.9 Å². The monoisotopic (exact) mass is 530 g/mol. The van der Waals surface area contributed by atoms with Crippen molar-refractivity contribution in [1.29, 1.82) is 0 Å². The number of nitrogens with one attached hydrogen (secondary N) is 1. The van der Waals surface area contributed by atoms with Gasteiger partial charge in [-0.1, -0.05) is 42.5 Å². The largest absolute Gasteiger partial charge is 0.492 e. The molecule has 0 unspecified atom stereocenters. The van der Waals surface area contributed by atoms with Crippen LogP contribution in [0.3, 0.4) is 0 Å². The molecule has 0 fully saturated rings. The second kappa shape index (κ2) is 12.0. The predicted molar refractivity (Wildman–Crippen MR) is 150 cm³/mol. The van der Waals surface area contributed by atoms with Gasteiger partial charge in [-0.2, -0.15) is 0 Å². The number of benzene rings is 3. The Morgan fingerprint density at radius 1 is 0.974 bits per heavy atom. The molecule has 0 spiro atoms. The molecule has 0 bridgehead atoms. The Labute approximate surface area is 228 Å². The van der Waals surface area contributed by atoms with Gasteiger partial charge in [0, 0.05) is 11.9 Å². The number of carbonyl (C=O) groups is 2. The zero-order valence-corrected chi connectivity index (χ0v) is 22.7. The maximum absolute atomic E-state index is 13.4. The number of anilines is 1. The van der Waals surface area contributed by atoms with Crippen molar-refractivity contribution in [2.24, 2.45) is 0 Å². The van der Waals surface area contributed by atoms with Gasteiger partial charge in [-0.15, -0.1) is 0 Å². The van der Waals surface area contributed by atoms with Crippen LogP contribution in [0.15, 0.2) is 77.2 Å². The molecule has 1 heterocycles. The Kier molecular flexibility index (Phi) is 8.56. The predicted octanol–water partition coefficient (Wildman–Crippen LogP) is 6.02. The zero-order chi connectivity index (χ0) is 28.0. The number of nitrogens with zero attached hydrogens (tertiary/aromatic N) is 1. The summed E-state index contributed by atoms with van der Waals surface area (Å²) in [6.07, 6.45) is 0. The van der Waals surface area contributed by atoms with Crippen molar-refractivity contribution in [2.75, 3.05) is 18.5 Å². The van der Waals surface area contributed by atoms with Crippen molar-refractivity contribution in [3.05, 3.63) is 89.9 Å². The molecule has 2 N–H and O–H groups in total. The molecule has 1 amide bonds. The first-order valence-electron chi connectivity index (χ1n) is 12.9. The Morgan fingerprint density at radius 2 is 1.72 bits per heavy atom. The highest BCUT2D eigenvalue weighted by atomic mass is 16.5. The van der Waals surface area contributed by atoms with E-state index in [1.165, 1.54) is 13.8 Å². The van der Waals surface area contributed by atoms with Gasteiger partial charge in [0.2, 0.25) is 5.91 Å². The number of hydrogen-bond donors (Lipinski definition) is 2. The van der Waals surface area contributed by atoms with Crippen molar-refractivity contribution in [1.82, 2.24) is 4.90 Å². The number of furan rings is 1. The Morgan fingerprint density at radius 3 is 2.38 bits per heavy atom. The van der Waals surface area contributed by atoms with E-state index in [1.807, 2.05) is 79.4 Å². The number of aryl methyl sites for hydroxylation is 1. The van der Waals surface area contributed by atoms with E-state index in [1.54, 1.807) is 12.1 Å². The van der Waals surface area contributed by atoms with Gasteiger partial charge in [0.1, 0.15) is 23.0 Å². The molecule has 4 rings (SSSR count). The quantitative estimate of drug-likeness (QED) is 0.231. The van der Waals surface area contributed by atoms with Gasteiger partial charge < -0.3 is 24.3 Å². The molecule has 4 aromatic rings. The molecule has 0 saturated heterocycles. The minimum absolute atomic E-state index is 0.110. The molecule has 0 saturated carbocycles. The summed E-state index contributed by atoms with van der Waals surface area (Å²) in [6, 6.07) is 22.7. The highest BCUT2D eigenvalue weighted by Crippen LogP contribution is 2.33. The molecule has 0 aliphatic heterocycles. The number of carboxylic acids is 1. The smallest absolute Gasteiger partial charge is 0.347 e. The summed E-state index contributed by atoms with van der Waals surface area (Å²) < 4.78 is 17.2. The molecule has 0 aliphatic carbocycles. The van der Waals surface area contributed by atoms with Crippen molar-refractivity contribution >= 4 is 28.3 Å². The van der Waals surface area contributed by atoms with E-state index in [4.69, 9.17) is 13.9 Å². The van der Waals surface area contributed by atoms with Gasteiger partial charge in [-0.05, 0) is 69.0 Å². The molecule has 204 valence electrons. The van der Waals surface area contributed by atoms with Gasteiger partial charge in [-0.25, -0.2) is 4.79 Å². The average Bonchev–Trinajstić information content (AvgIpc) is 3.30. The average molecular weight is 531 g/mol. The van der Waals surface area contributed by atoms with Gasteiger partial charge in [0.15, 0.2) is 5.60 Å². The first-order chi connectivity index (χ1) is 18.6. The molecule has 1 aromatic heterocycles. The van der Waals surface area contributed by atoms with Gasteiger partial charge in [0.05, 0.1) is 25.4 Å². The van der Waals surface area contributed by atoms with E-state index in [0.29, 0.717) is 36.9 Å². The van der Waals surface area contributed by atoms with Crippen LogP contribution >= 0.6 is 0 Å². The summed E-state index contributed by atoms with van der Waals surface area (Å²) in [5, 5.41) is 14.3. The lowest BCUT2D eigenvalue weighted by molar-refractivity contribution is -0.152. The first kappa shape index (κ1) is 27.7. The third-order valence-electron chi connectivity index (χ3n) is 6.22. The number of rotatable bonds is 12. The zero-order valence-electron chi connectivity index (χ0n) is 22.7. The molecule has 8 heteroatoms. The molecule has 0 radical (unpaired) electrons. The van der Waals surface area contributed by atoms with Crippen molar-refractivity contribution in [2.45, 2.75) is 46.4 Å². The number of amides is 1. The van der Waals surface area contributed by atoms with Crippen LogP contribution in [0.2, 0.25) is 0 Å². The maximum atomic E-state index is 13.4. The third-order valence-corrected chi connectivity index (χ3v) is 6.22. The lowest BCUT2D eigenvalue weighted by atomic mass is 10.1. The lowest BCUT2D eigenvalue weighted by Gasteiger charge is -2.23. The molecule has 39 heavy (non-hydrogen) atoms. The first-order valence-corrected chi connectivity index (χ1v) is 12.9. The third kappa shape index (κ3) is 7.18. The summed E-state index contributed by atoms with van der Waals surface area (Å²) in [6.45, 7) is 8.28. The van der Waals surface area contributed by atoms with Crippen LogP contribution in [0.5, 0.6) is 11.5 Å². The van der Waals surface area contributed by atoms with Crippen LogP contribution in [0.1, 0.15) is 37.9 Å². The molecular weight excluding hydrogens is 496 g/mol. The second-order valence-corrected chi connectivity index (χ2v) is 9.86. The Bertz CT molecular complexity index is 1440. The van der Waals surface area contributed by atoms with Crippen molar-refractivity contribution < 1.29 is 28.6 Å². The van der Waals surface area contributed by atoms with Crippen LogP contribution in [-0.2, 0) is 22.7 Å². The second-order valence-electron chi connectivity index (χ2n) is 9.86. The summed E-state index contributed by atoms with van der Waals surface area (Å²) in [5.41, 5.74) is 0.244. The van der Waals surface area contributed by atoms with Crippen molar-refractivity contribution in [3.63, 3.8) is 0 Å². The van der Waals surface area contributed by atoms with E-state index >= 15 is 0 Å². The van der Waals surface area contributed by atoms with E-state index in [9.17, 15) is 14.7 Å². The SMILES string of the molecule is CCOc1ccc2ccccc2c1NC(=O)CN(Cc1ccc(OC(C)(C)C(=O)O)cc1)Cc1ccc(C)o1. The number of carbonyl (C=O) groups excluding carboxylic acids is 1. The number of aliphatic carboxylic acids is 1. The van der Waals surface area contributed by atoms with Crippen LogP contribution in [-0.4, -0.2) is 40.6 Å². The fourth-order valence-corrected chi connectivity index (χ4v) is 4.26. The summed E-state index contributed by atoms with van der Waals surface area (Å²) in [5.74, 6) is 1.40. The molecule has 8 nitrogen and oxygen atoms in total. The Balaban J connectivity index is 1.53. The lowest BCUT2D eigenvalue weighted by Crippen LogP contribution is -2.37. The molecule has 0 aliphatic rings. The van der Waals surface area contributed by atoms with Crippen LogP contribution in [0.25, 0.3) is 10.8 Å². The Hall–Kier alpha value is -4.30. The van der Waals surface area contributed by atoms with Crippen molar-refractivity contribution in [3.8, 4) is 11.5 Å². The number of fused-ring (bicyclic) bond motifs is 1. The number of hydrogen-bond acceptors (Lipinski definition) is 6. The van der Waals surface area contributed by atoms with E-state index < -0.39 is 11.6 Å². The highest BCUT2D eigenvalue weighted by molar-refractivity contribution is 6.05. The number of ether oxygens (including phenoxy) is 2. The van der Waals surface area contributed by atoms with E-state index in [-0.39, 0.29) is 12.5 Å². The topological polar surface area (TPSA) is 101 Å². The summed E-state index contributed by atoms with van der Waals surface area (Å²) >= 11 is 0. The van der Waals surface area contributed by atoms with Crippen LogP contribution in [0, 0.1) is 6.92 Å². The van der Waals surface area contributed by atoms with Gasteiger partial charge >= 0.3 is 5.97 Å². The fourth-order valence-electron chi connectivity index (χ4n) is 4.26. The normalized spacial score (nSPS) is 11.5.